The SMILES string of the molecule is CC(C)(C)OC(=O)N1CCC([C@H]2C[C@H]2CO)CC1.OC[C@@H]1C[C@@H]1C1CCNCC1. The highest BCUT2D eigenvalue weighted by atomic mass is 16.6. The molecule has 4 fully saturated rings. The van der Waals surface area contributed by atoms with E-state index in [1.807, 2.05) is 25.7 Å². The van der Waals surface area contributed by atoms with Gasteiger partial charge in [0.15, 0.2) is 0 Å². The molecule has 4 atom stereocenters. The van der Waals surface area contributed by atoms with E-state index in [4.69, 9.17) is 14.9 Å². The maximum absolute atomic E-state index is 11.9. The maximum atomic E-state index is 11.9. The van der Waals surface area contributed by atoms with E-state index in [-0.39, 0.29) is 6.09 Å². The van der Waals surface area contributed by atoms with Gasteiger partial charge in [-0.25, -0.2) is 4.79 Å². The van der Waals surface area contributed by atoms with Crippen LogP contribution >= 0.6 is 0 Å². The number of aliphatic hydroxyl groups is 2. The van der Waals surface area contributed by atoms with Gasteiger partial charge >= 0.3 is 6.09 Å². The van der Waals surface area contributed by atoms with Crippen molar-refractivity contribution in [3.05, 3.63) is 0 Å². The molecule has 6 heteroatoms. The second-order valence-corrected chi connectivity index (χ2v) is 10.6. The Labute approximate surface area is 176 Å². The average Bonchev–Trinajstić information content (AvgIpc) is 3.62. The monoisotopic (exact) mass is 410 g/mol. The molecule has 2 aliphatic heterocycles. The van der Waals surface area contributed by atoms with Crippen LogP contribution in [0.4, 0.5) is 4.79 Å². The van der Waals surface area contributed by atoms with Crippen LogP contribution in [0.5, 0.6) is 0 Å². The van der Waals surface area contributed by atoms with Gasteiger partial charge in [0.1, 0.15) is 5.60 Å². The number of carbonyl (C=O) groups is 1. The average molecular weight is 411 g/mol. The van der Waals surface area contributed by atoms with Gasteiger partial charge in [-0.3, -0.25) is 0 Å². The molecule has 0 radical (unpaired) electrons. The number of carbonyl (C=O) groups excluding carboxylic acids is 1. The van der Waals surface area contributed by atoms with Crippen LogP contribution in [0.25, 0.3) is 0 Å². The zero-order valence-corrected chi connectivity index (χ0v) is 18.6. The van der Waals surface area contributed by atoms with E-state index in [0.717, 1.165) is 37.8 Å². The molecule has 4 aliphatic rings. The number of hydrogen-bond acceptors (Lipinski definition) is 5. The number of nitrogens with zero attached hydrogens (tertiary/aromatic N) is 1. The third-order valence-corrected chi connectivity index (χ3v) is 7.21. The molecule has 2 heterocycles. The number of amides is 1. The predicted molar refractivity (Wildman–Crippen MR) is 113 cm³/mol. The number of likely N-dealkylation sites (tertiary alicyclic amines) is 1. The molecule has 0 bridgehead atoms. The maximum Gasteiger partial charge on any atom is 0.410 e. The Morgan fingerprint density at radius 1 is 0.931 bits per heavy atom. The summed E-state index contributed by atoms with van der Waals surface area (Å²) in [7, 11) is 0. The Morgan fingerprint density at radius 2 is 1.41 bits per heavy atom. The van der Waals surface area contributed by atoms with Gasteiger partial charge in [-0.05, 0) is 108 Å². The first-order chi connectivity index (χ1) is 13.8. The fourth-order valence-electron chi connectivity index (χ4n) is 5.23. The first kappa shape index (κ1) is 22.8. The van der Waals surface area contributed by atoms with E-state index < -0.39 is 5.60 Å². The van der Waals surface area contributed by atoms with Crippen LogP contribution < -0.4 is 5.32 Å². The molecule has 0 aromatic carbocycles. The third kappa shape index (κ3) is 6.83. The lowest BCUT2D eigenvalue weighted by molar-refractivity contribution is 0.0172. The minimum atomic E-state index is -0.410. The van der Waals surface area contributed by atoms with Gasteiger partial charge in [0.25, 0.3) is 0 Å². The van der Waals surface area contributed by atoms with Crippen LogP contribution in [0.1, 0.15) is 59.3 Å². The Balaban J connectivity index is 0.000000186. The lowest BCUT2D eigenvalue weighted by atomic mass is 9.91. The molecular weight excluding hydrogens is 368 g/mol. The molecule has 29 heavy (non-hydrogen) atoms. The lowest BCUT2D eigenvalue weighted by Crippen LogP contribution is -2.42. The molecule has 3 N–H and O–H groups in total. The van der Waals surface area contributed by atoms with E-state index in [1.54, 1.807) is 0 Å². The first-order valence-corrected chi connectivity index (χ1v) is 11.7. The van der Waals surface area contributed by atoms with Crippen molar-refractivity contribution in [3.63, 3.8) is 0 Å². The number of hydrogen-bond donors (Lipinski definition) is 3. The van der Waals surface area contributed by atoms with E-state index in [1.165, 1.54) is 38.8 Å². The highest BCUT2D eigenvalue weighted by Crippen LogP contribution is 2.48. The molecule has 2 aliphatic carbocycles. The van der Waals surface area contributed by atoms with Crippen molar-refractivity contribution in [2.45, 2.75) is 64.9 Å². The fourth-order valence-corrected chi connectivity index (χ4v) is 5.23. The number of rotatable bonds is 4. The smallest absolute Gasteiger partial charge is 0.410 e. The van der Waals surface area contributed by atoms with Crippen molar-refractivity contribution in [2.75, 3.05) is 39.4 Å². The summed E-state index contributed by atoms with van der Waals surface area (Å²) >= 11 is 0. The quantitative estimate of drug-likeness (QED) is 0.664. The molecule has 0 aromatic heterocycles. The van der Waals surface area contributed by atoms with Gasteiger partial charge < -0.3 is 25.2 Å². The number of aliphatic hydroxyl groups excluding tert-OH is 2. The fraction of sp³-hybridized carbons (Fsp3) is 0.957. The zero-order chi connectivity index (χ0) is 21.0. The molecule has 2 saturated heterocycles. The first-order valence-electron chi connectivity index (χ1n) is 11.7. The summed E-state index contributed by atoms with van der Waals surface area (Å²) in [5, 5.41) is 21.3. The van der Waals surface area contributed by atoms with Gasteiger partial charge in [-0.2, -0.15) is 0 Å². The molecule has 0 spiro atoms. The summed E-state index contributed by atoms with van der Waals surface area (Å²) in [6.07, 6.45) is 7.06. The van der Waals surface area contributed by atoms with Crippen LogP contribution in [-0.2, 0) is 4.74 Å². The van der Waals surface area contributed by atoms with Crippen LogP contribution in [0.2, 0.25) is 0 Å². The highest BCUT2D eigenvalue weighted by molar-refractivity contribution is 5.68. The second kappa shape index (κ2) is 9.97. The van der Waals surface area contributed by atoms with Gasteiger partial charge in [-0.1, -0.05) is 0 Å². The minimum absolute atomic E-state index is 0.185. The van der Waals surface area contributed by atoms with Crippen molar-refractivity contribution in [1.29, 1.82) is 0 Å². The predicted octanol–water partition coefficient (Wildman–Crippen LogP) is 2.88. The van der Waals surface area contributed by atoms with Gasteiger partial charge in [0.05, 0.1) is 0 Å². The number of piperidine rings is 2. The van der Waals surface area contributed by atoms with E-state index in [9.17, 15) is 4.79 Å². The van der Waals surface area contributed by atoms with E-state index >= 15 is 0 Å². The minimum Gasteiger partial charge on any atom is -0.444 e. The zero-order valence-electron chi connectivity index (χ0n) is 18.6. The lowest BCUT2D eigenvalue weighted by Gasteiger charge is -2.33. The number of nitrogens with one attached hydrogen (secondary N) is 1. The summed E-state index contributed by atoms with van der Waals surface area (Å²) < 4.78 is 5.38. The summed E-state index contributed by atoms with van der Waals surface area (Å²) in [6, 6.07) is 0. The molecule has 168 valence electrons. The third-order valence-electron chi connectivity index (χ3n) is 7.21. The van der Waals surface area contributed by atoms with Gasteiger partial charge in [0.2, 0.25) is 0 Å². The molecule has 2 saturated carbocycles. The molecular formula is C23H42N2O4. The Morgan fingerprint density at radius 3 is 1.83 bits per heavy atom. The molecule has 1 amide bonds. The largest absolute Gasteiger partial charge is 0.444 e. The molecule has 4 rings (SSSR count). The molecule has 6 nitrogen and oxygen atoms in total. The summed E-state index contributed by atoms with van der Waals surface area (Å²) in [6.45, 7) is 10.4. The van der Waals surface area contributed by atoms with Crippen LogP contribution in [0.15, 0.2) is 0 Å². The second-order valence-electron chi connectivity index (χ2n) is 10.6. The van der Waals surface area contributed by atoms with Crippen molar-refractivity contribution in [3.8, 4) is 0 Å². The van der Waals surface area contributed by atoms with E-state index in [2.05, 4.69) is 5.32 Å². The van der Waals surface area contributed by atoms with E-state index in [0.29, 0.717) is 36.9 Å². The Hall–Kier alpha value is -0.850. The van der Waals surface area contributed by atoms with Gasteiger partial charge in [0, 0.05) is 26.3 Å². The number of ether oxygens (including phenoxy) is 1. The van der Waals surface area contributed by atoms with Crippen LogP contribution in [0, 0.1) is 35.5 Å². The Kier molecular flexibility index (Phi) is 7.85. The van der Waals surface area contributed by atoms with Crippen molar-refractivity contribution in [2.24, 2.45) is 35.5 Å². The van der Waals surface area contributed by atoms with Crippen LogP contribution in [0.3, 0.4) is 0 Å². The highest BCUT2D eigenvalue weighted by Gasteiger charge is 2.44. The van der Waals surface area contributed by atoms with Crippen LogP contribution in [-0.4, -0.2) is 66.2 Å². The summed E-state index contributed by atoms with van der Waals surface area (Å²) in [5.41, 5.74) is -0.410. The Bertz CT molecular complexity index is 521. The molecule has 0 aromatic rings. The van der Waals surface area contributed by atoms with Crippen molar-refractivity contribution >= 4 is 6.09 Å². The standard InChI is InChI=1S/C14H25NO3.C9H17NO/c1-14(2,3)18-13(17)15-6-4-10(5-7-15)12-8-11(12)9-16;11-6-8-5-9(8)7-1-3-10-4-2-7/h10-12,16H,4-9H2,1-3H3;7-11H,1-6H2/t11-,12+;8-,9+/m00/s1. The molecule has 0 unspecified atom stereocenters. The summed E-state index contributed by atoms with van der Waals surface area (Å²) in [5.74, 6) is 4.40. The van der Waals surface area contributed by atoms with Crippen molar-refractivity contribution < 1.29 is 19.7 Å². The summed E-state index contributed by atoms with van der Waals surface area (Å²) in [4.78, 5) is 13.7. The topological polar surface area (TPSA) is 82.0 Å². The van der Waals surface area contributed by atoms with Crippen molar-refractivity contribution in [1.82, 2.24) is 10.2 Å². The normalized spacial score (nSPS) is 32.9. The van der Waals surface area contributed by atoms with Gasteiger partial charge in [-0.15, -0.1) is 0 Å².